The lowest BCUT2D eigenvalue weighted by molar-refractivity contribution is -0.132. The van der Waals surface area contributed by atoms with Gasteiger partial charge < -0.3 is 15.1 Å². The van der Waals surface area contributed by atoms with Gasteiger partial charge in [0.05, 0.1) is 13.2 Å². The fourth-order valence-corrected chi connectivity index (χ4v) is 1.88. The Morgan fingerprint density at radius 3 is 2.44 bits per heavy atom. The van der Waals surface area contributed by atoms with Gasteiger partial charge in [-0.2, -0.15) is 0 Å². The molecule has 0 radical (unpaired) electrons. The van der Waals surface area contributed by atoms with Crippen molar-refractivity contribution in [2.75, 3.05) is 26.3 Å². The normalized spacial score (nSPS) is 10.4. The lowest BCUT2D eigenvalue weighted by Crippen LogP contribution is -2.35. The molecule has 0 aromatic heterocycles. The number of aliphatic hydroxyl groups is 2. The fraction of sp³-hybridized carbons (Fsp3) is 0.500. The van der Waals surface area contributed by atoms with Gasteiger partial charge in [-0.05, 0) is 18.9 Å². The van der Waals surface area contributed by atoms with E-state index in [4.69, 9.17) is 10.2 Å². The highest BCUT2D eigenvalue weighted by Crippen LogP contribution is 2.07. The van der Waals surface area contributed by atoms with Gasteiger partial charge in [0.25, 0.3) is 0 Å². The molecule has 100 valence electrons. The van der Waals surface area contributed by atoms with Crippen LogP contribution in [0.2, 0.25) is 0 Å². The number of aliphatic hydroxyl groups excluding tert-OH is 2. The van der Waals surface area contributed by atoms with E-state index in [0.29, 0.717) is 12.8 Å². The number of hydrogen-bond acceptors (Lipinski definition) is 3. The van der Waals surface area contributed by atoms with Crippen LogP contribution in [0.4, 0.5) is 0 Å². The van der Waals surface area contributed by atoms with Gasteiger partial charge in [-0.25, -0.2) is 0 Å². The van der Waals surface area contributed by atoms with Gasteiger partial charge in [0.1, 0.15) is 0 Å². The maximum Gasteiger partial charge on any atom is 0.223 e. The summed E-state index contributed by atoms with van der Waals surface area (Å²) in [5.41, 5.74) is 2.32. The summed E-state index contributed by atoms with van der Waals surface area (Å²) in [5.74, 6) is -0.0281. The van der Waals surface area contributed by atoms with Crippen LogP contribution < -0.4 is 0 Å². The van der Waals surface area contributed by atoms with Gasteiger partial charge in [-0.1, -0.05) is 29.8 Å². The zero-order valence-corrected chi connectivity index (χ0v) is 10.8. The zero-order chi connectivity index (χ0) is 13.4. The predicted octanol–water partition coefficient (Wildman–Crippen LogP) is 0.741. The van der Waals surface area contributed by atoms with Crippen LogP contribution in [0.1, 0.15) is 17.5 Å². The standard InChI is InChI=1S/C14H21NO3/c1-12-3-2-4-13(11-12)5-6-14(18)15(7-9-16)8-10-17/h2-4,11,16-17H,5-10H2,1H3. The molecule has 0 aliphatic heterocycles. The summed E-state index contributed by atoms with van der Waals surface area (Å²) in [6.45, 7) is 2.45. The molecule has 0 bridgehead atoms. The number of amides is 1. The second kappa shape index (κ2) is 7.84. The number of nitrogens with zero attached hydrogens (tertiary/aromatic N) is 1. The van der Waals surface area contributed by atoms with Crippen LogP contribution in [0.15, 0.2) is 24.3 Å². The first-order valence-electron chi connectivity index (χ1n) is 6.22. The number of carbonyl (C=O) groups is 1. The molecule has 0 saturated heterocycles. The number of carbonyl (C=O) groups excluding carboxylic acids is 1. The second-order valence-electron chi connectivity index (χ2n) is 4.32. The highest BCUT2D eigenvalue weighted by Gasteiger charge is 2.12. The van der Waals surface area contributed by atoms with E-state index in [1.165, 1.54) is 10.5 Å². The first-order valence-corrected chi connectivity index (χ1v) is 6.22. The third-order valence-electron chi connectivity index (χ3n) is 2.80. The molecule has 4 heteroatoms. The van der Waals surface area contributed by atoms with Gasteiger partial charge in [-0.3, -0.25) is 4.79 Å². The molecule has 0 saturated carbocycles. The minimum absolute atomic E-state index is 0.0281. The Hall–Kier alpha value is -1.39. The number of benzene rings is 1. The van der Waals surface area contributed by atoms with E-state index >= 15 is 0 Å². The van der Waals surface area contributed by atoms with Gasteiger partial charge in [0, 0.05) is 19.5 Å². The zero-order valence-electron chi connectivity index (χ0n) is 10.8. The average Bonchev–Trinajstić information content (AvgIpc) is 2.36. The summed E-state index contributed by atoms with van der Waals surface area (Å²) in [7, 11) is 0. The monoisotopic (exact) mass is 251 g/mol. The second-order valence-corrected chi connectivity index (χ2v) is 4.32. The lowest BCUT2D eigenvalue weighted by atomic mass is 10.1. The molecule has 0 heterocycles. The van der Waals surface area contributed by atoms with E-state index in [9.17, 15) is 4.79 Å². The van der Waals surface area contributed by atoms with Crippen molar-refractivity contribution >= 4 is 5.91 Å². The molecule has 0 atom stereocenters. The van der Waals surface area contributed by atoms with Crippen molar-refractivity contribution in [1.82, 2.24) is 4.90 Å². The minimum atomic E-state index is -0.0732. The molecule has 0 aliphatic rings. The molecular formula is C14H21NO3. The third kappa shape index (κ3) is 4.85. The van der Waals surface area contributed by atoms with Crippen LogP contribution >= 0.6 is 0 Å². The maximum atomic E-state index is 11.9. The Bertz CT molecular complexity index is 373. The number of rotatable bonds is 7. The molecular weight excluding hydrogens is 230 g/mol. The summed E-state index contributed by atoms with van der Waals surface area (Å²) in [6, 6.07) is 8.07. The Kier molecular flexibility index (Phi) is 6.39. The van der Waals surface area contributed by atoms with Crippen molar-refractivity contribution in [3.63, 3.8) is 0 Å². The summed E-state index contributed by atoms with van der Waals surface area (Å²) in [4.78, 5) is 13.4. The summed E-state index contributed by atoms with van der Waals surface area (Å²) >= 11 is 0. The third-order valence-corrected chi connectivity index (χ3v) is 2.80. The fourth-order valence-electron chi connectivity index (χ4n) is 1.88. The molecule has 2 N–H and O–H groups in total. The summed E-state index contributed by atoms with van der Waals surface area (Å²) < 4.78 is 0. The largest absolute Gasteiger partial charge is 0.395 e. The Morgan fingerprint density at radius 1 is 1.22 bits per heavy atom. The van der Waals surface area contributed by atoms with E-state index in [0.717, 1.165) is 5.56 Å². The minimum Gasteiger partial charge on any atom is -0.395 e. The van der Waals surface area contributed by atoms with Gasteiger partial charge >= 0.3 is 0 Å². The highest BCUT2D eigenvalue weighted by atomic mass is 16.3. The van der Waals surface area contributed by atoms with E-state index < -0.39 is 0 Å². The molecule has 0 spiro atoms. The van der Waals surface area contributed by atoms with Crippen molar-refractivity contribution in [3.8, 4) is 0 Å². The van der Waals surface area contributed by atoms with Crippen molar-refractivity contribution in [3.05, 3.63) is 35.4 Å². The molecule has 1 aromatic carbocycles. The van der Waals surface area contributed by atoms with Crippen molar-refractivity contribution in [1.29, 1.82) is 0 Å². The van der Waals surface area contributed by atoms with Crippen LogP contribution in [0.3, 0.4) is 0 Å². The van der Waals surface area contributed by atoms with Crippen LogP contribution in [0.5, 0.6) is 0 Å². The van der Waals surface area contributed by atoms with Crippen LogP contribution in [0, 0.1) is 6.92 Å². The SMILES string of the molecule is Cc1cccc(CCC(=O)N(CCO)CCO)c1. The van der Waals surface area contributed by atoms with Crippen molar-refractivity contribution < 1.29 is 15.0 Å². The molecule has 0 fully saturated rings. The number of hydrogen-bond donors (Lipinski definition) is 2. The van der Waals surface area contributed by atoms with Crippen molar-refractivity contribution in [2.45, 2.75) is 19.8 Å². The Labute approximate surface area is 108 Å². The quantitative estimate of drug-likeness (QED) is 0.751. The molecule has 18 heavy (non-hydrogen) atoms. The Balaban J connectivity index is 2.48. The van der Waals surface area contributed by atoms with E-state index in [1.807, 2.05) is 25.1 Å². The summed E-state index contributed by atoms with van der Waals surface area (Å²) in [6.07, 6.45) is 1.09. The molecule has 0 aliphatic carbocycles. The predicted molar refractivity (Wildman–Crippen MR) is 70.3 cm³/mol. The molecule has 1 rings (SSSR count). The first-order chi connectivity index (χ1) is 8.67. The van der Waals surface area contributed by atoms with Crippen molar-refractivity contribution in [2.24, 2.45) is 0 Å². The smallest absolute Gasteiger partial charge is 0.223 e. The van der Waals surface area contributed by atoms with Gasteiger partial charge in [0.2, 0.25) is 5.91 Å². The molecule has 4 nitrogen and oxygen atoms in total. The molecule has 1 amide bonds. The maximum absolute atomic E-state index is 11.9. The first kappa shape index (κ1) is 14.7. The molecule has 0 unspecified atom stereocenters. The van der Waals surface area contributed by atoms with E-state index in [2.05, 4.69) is 6.07 Å². The van der Waals surface area contributed by atoms with Gasteiger partial charge in [-0.15, -0.1) is 0 Å². The van der Waals surface area contributed by atoms with Crippen LogP contribution in [-0.2, 0) is 11.2 Å². The average molecular weight is 251 g/mol. The number of aryl methyl sites for hydroxylation is 2. The molecule has 1 aromatic rings. The Morgan fingerprint density at radius 2 is 1.89 bits per heavy atom. The van der Waals surface area contributed by atoms with E-state index in [1.54, 1.807) is 0 Å². The highest BCUT2D eigenvalue weighted by molar-refractivity contribution is 5.76. The lowest BCUT2D eigenvalue weighted by Gasteiger charge is -2.20. The van der Waals surface area contributed by atoms with Gasteiger partial charge in [0.15, 0.2) is 0 Å². The summed E-state index contributed by atoms with van der Waals surface area (Å²) in [5, 5.41) is 17.7. The van der Waals surface area contributed by atoms with Crippen LogP contribution in [0.25, 0.3) is 0 Å². The van der Waals surface area contributed by atoms with Crippen LogP contribution in [-0.4, -0.2) is 47.3 Å². The van der Waals surface area contributed by atoms with E-state index in [-0.39, 0.29) is 32.2 Å². The topological polar surface area (TPSA) is 60.8 Å².